The monoisotopic (exact) mass is 428 g/mol. The van der Waals surface area contributed by atoms with Crippen LogP contribution in [0.25, 0.3) is 0 Å². The lowest BCUT2D eigenvalue weighted by molar-refractivity contribution is -0.133. The van der Waals surface area contributed by atoms with E-state index >= 15 is 0 Å². The molecule has 5 rings (SSSR count). The Kier molecular flexibility index (Phi) is 5.39. The number of likely N-dealkylation sites (tertiary alicyclic amines) is 1. The van der Waals surface area contributed by atoms with Gasteiger partial charge in [0.25, 0.3) is 0 Å². The number of para-hydroxylation sites is 2. The van der Waals surface area contributed by atoms with Gasteiger partial charge in [0.05, 0.1) is 24.5 Å². The standard InChI is InChI=1S/C25H28N6O/c1-19-26-13-15-30(19)17-23(32)31-14-7-12-25(18-31)24(27-16-20-8-3-2-4-9-20)28-21-10-5-6-11-22(21)29-25/h2-6,8-11,13,15,29H,7,12,14,16-18H2,1H3,(H,27,28)/t25-/m0/s1. The van der Waals surface area contributed by atoms with Crippen LogP contribution in [0.3, 0.4) is 0 Å². The Bertz CT molecular complexity index is 1140. The van der Waals surface area contributed by atoms with E-state index in [4.69, 9.17) is 4.99 Å². The van der Waals surface area contributed by atoms with E-state index in [2.05, 4.69) is 39.9 Å². The smallest absolute Gasteiger partial charge is 0.242 e. The zero-order chi connectivity index (χ0) is 22.0. The van der Waals surface area contributed by atoms with Gasteiger partial charge in [-0.05, 0) is 37.5 Å². The summed E-state index contributed by atoms with van der Waals surface area (Å²) in [7, 11) is 0. The maximum Gasteiger partial charge on any atom is 0.242 e. The van der Waals surface area contributed by atoms with Crippen LogP contribution in [0.15, 0.2) is 72.0 Å². The average molecular weight is 429 g/mol. The molecule has 1 fully saturated rings. The molecule has 2 aliphatic heterocycles. The zero-order valence-corrected chi connectivity index (χ0v) is 18.3. The van der Waals surface area contributed by atoms with Crippen LogP contribution in [-0.4, -0.2) is 44.8 Å². The molecule has 7 nitrogen and oxygen atoms in total. The number of anilines is 2. The number of carbonyl (C=O) groups is 1. The Balaban J connectivity index is 1.43. The number of piperidine rings is 1. The summed E-state index contributed by atoms with van der Waals surface area (Å²) in [6.45, 7) is 4.15. The van der Waals surface area contributed by atoms with Crippen LogP contribution in [-0.2, 0) is 17.9 Å². The third-order valence-electron chi connectivity index (χ3n) is 6.34. The first-order valence-electron chi connectivity index (χ1n) is 11.1. The third-order valence-corrected chi connectivity index (χ3v) is 6.34. The summed E-state index contributed by atoms with van der Waals surface area (Å²) in [6.07, 6.45) is 5.42. The topological polar surface area (TPSA) is 74.6 Å². The predicted molar refractivity (Wildman–Crippen MR) is 127 cm³/mol. The minimum absolute atomic E-state index is 0.105. The number of hydrogen-bond acceptors (Lipinski definition) is 4. The largest absolute Gasteiger partial charge is 0.370 e. The van der Waals surface area contributed by atoms with Crippen molar-refractivity contribution in [2.24, 2.45) is 4.99 Å². The van der Waals surface area contributed by atoms with E-state index in [1.165, 1.54) is 0 Å². The van der Waals surface area contributed by atoms with Crippen LogP contribution in [0.4, 0.5) is 11.4 Å². The highest BCUT2D eigenvalue weighted by atomic mass is 16.2. The summed E-state index contributed by atoms with van der Waals surface area (Å²) in [6, 6.07) is 18.4. The molecule has 0 saturated carbocycles. The van der Waals surface area contributed by atoms with Gasteiger partial charge in [0.15, 0.2) is 0 Å². The Labute approximate surface area is 188 Å². The van der Waals surface area contributed by atoms with Gasteiger partial charge in [-0.2, -0.15) is 0 Å². The number of rotatable bonds is 4. The maximum absolute atomic E-state index is 13.2. The van der Waals surface area contributed by atoms with Crippen LogP contribution in [0.2, 0.25) is 0 Å². The molecule has 2 N–H and O–H groups in total. The second-order valence-electron chi connectivity index (χ2n) is 8.55. The molecule has 32 heavy (non-hydrogen) atoms. The molecule has 2 aromatic carbocycles. The molecule has 7 heteroatoms. The van der Waals surface area contributed by atoms with Crippen molar-refractivity contribution in [1.82, 2.24) is 14.5 Å². The van der Waals surface area contributed by atoms with Gasteiger partial charge in [-0.15, -0.1) is 0 Å². The lowest BCUT2D eigenvalue weighted by Crippen LogP contribution is -2.62. The first-order chi connectivity index (χ1) is 15.6. The lowest BCUT2D eigenvalue weighted by atomic mass is 9.85. The molecule has 1 saturated heterocycles. The number of aromatic nitrogens is 2. The van der Waals surface area contributed by atoms with Gasteiger partial charge in [-0.3, -0.25) is 9.79 Å². The lowest BCUT2D eigenvalue weighted by Gasteiger charge is -2.47. The number of benzene rings is 2. The molecular weight excluding hydrogens is 400 g/mol. The third kappa shape index (κ3) is 3.98. The molecule has 1 aromatic heterocycles. The van der Waals surface area contributed by atoms with E-state index in [0.717, 1.165) is 48.0 Å². The van der Waals surface area contributed by atoms with Crippen LogP contribution in [0.1, 0.15) is 24.2 Å². The van der Waals surface area contributed by atoms with Crippen molar-refractivity contribution in [2.45, 2.75) is 38.4 Å². The fourth-order valence-electron chi connectivity index (χ4n) is 4.59. The Hall–Kier alpha value is -3.61. The quantitative estimate of drug-likeness (QED) is 0.665. The molecule has 3 heterocycles. The number of carbonyl (C=O) groups excluding carboxylic acids is 1. The first-order valence-corrected chi connectivity index (χ1v) is 11.1. The molecular formula is C25H28N6O. The molecule has 0 radical (unpaired) electrons. The van der Waals surface area contributed by atoms with Crippen LogP contribution in [0.5, 0.6) is 0 Å². The highest BCUT2D eigenvalue weighted by molar-refractivity contribution is 6.10. The number of aliphatic imine (C=N–C) groups is 1. The van der Waals surface area contributed by atoms with Crippen molar-refractivity contribution in [2.75, 3.05) is 23.7 Å². The number of nitrogens with one attached hydrogen (secondary N) is 2. The molecule has 164 valence electrons. The summed E-state index contributed by atoms with van der Waals surface area (Å²) in [5, 5.41) is 7.32. The summed E-state index contributed by atoms with van der Waals surface area (Å²) in [5.41, 5.74) is 2.80. The number of amides is 1. The molecule has 0 unspecified atom stereocenters. The fourth-order valence-corrected chi connectivity index (χ4v) is 4.59. The van der Waals surface area contributed by atoms with Gasteiger partial charge in [-0.25, -0.2) is 4.98 Å². The number of amidine groups is 1. The van der Waals surface area contributed by atoms with E-state index < -0.39 is 5.54 Å². The number of imidazole rings is 1. The molecule has 0 bridgehead atoms. The molecule has 1 atom stereocenters. The fraction of sp³-hybridized carbons (Fsp3) is 0.320. The predicted octanol–water partition coefficient (Wildman–Crippen LogP) is 3.69. The van der Waals surface area contributed by atoms with Crippen LogP contribution >= 0.6 is 0 Å². The molecule has 0 aliphatic carbocycles. The molecule has 1 amide bonds. The first kappa shape index (κ1) is 20.3. The summed E-state index contributed by atoms with van der Waals surface area (Å²) < 4.78 is 1.90. The number of hydrogen-bond donors (Lipinski definition) is 2. The minimum atomic E-state index is -0.430. The van der Waals surface area contributed by atoms with Crippen molar-refractivity contribution in [3.63, 3.8) is 0 Å². The Morgan fingerprint density at radius 3 is 2.69 bits per heavy atom. The highest BCUT2D eigenvalue weighted by Gasteiger charge is 2.44. The number of fused-ring (bicyclic) bond motifs is 1. The summed E-state index contributed by atoms with van der Waals surface area (Å²) in [5.74, 6) is 1.85. The number of aryl methyl sites for hydroxylation is 1. The van der Waals surface area contributed by atoms with Crippen molar-refractivity contribution >= 4 is 23.1 Å². The van der Waals surface area contributed by atoms with Crippen LogP contribution < -0.4 is 10.6 Å². The zero-order valence-electron chi connectivity index (χ0n) is 18.3. The van der Waals surface area contributed by atoms with Gasteiger partial charge in [0.1, 0.15) is 23.7 Å². The summed E-state index contributed by atoms with van der Waals surface area (Å²) >= 11 is 0. The second-order valence-corrected chi connectivity index (χ2v) is 8.55. The van der Waals surface area contributed by atoms with E-state index in [0.29, 0.717) is 19.6 Å². The van der Waals surface area contributed by atoms with E-state index in [-0.39, 0.29) is 5.91 Å². The van der Waals surface area contributed by atoms with Gasteiger partial charge < -0.3 is 20.1 Å². The maximum atomic E-state index is 13.2. The van der Waals surface area contributed by atoms with E-state index in [1.807, 2.05) is 52.9 Å². The molecule has 3 aromatic rings. The number of nitrogens with zero attached hydrogens (tertiary/aromatic N) is 4. The van der Waals surface area contributed by atoms with E-state index in [1.54, 1.807) is 6.20 Å². The van der Waals surface area contributed by atoms with Gasteiger partial charge in [0.2, 0.25) is 5.91 Å². The molecule has 1 spiro atoms. The Morgan fingerprint density at radius 1 is 1.12 bits per heavy atom. The van der Waals surface area contributed by atoms with Gasteiger partial charge in [-0.1, -0.05) is 42.5 Å². The van der Waals surface area contributed by atoms with E-state index in [9.17, 15) is 4.79 Å². The van der Waals surface area contributed by atoms with Crippen molar-refractivity contribution in [3.8, 4) is 0 Å². The molecule has 2 aliphatic rings. The highest BCUT2D eigenvalue weighted by Crippen LogP contribution is 2.36. The van der Waals surface area contributed by atoms with Gasteiger partial charge in [0, 0.05) is 18.9 Å². The van der Waals surface area contributed by atoms with Crippen LogP contribution in [0, 0.1) is 6.92 Å². The van der Waals surface area contributed by atoms with Gasteiger partial charge >= 0.3 is 0 Å². The SMILES string of the molecule is Cc1nccn1CC(=O)N1CCC[C@@]2(C1)Nc1ccccc1NC2=NCc1ccccc1. The second kappa shape index (κ2) is 8.49. The van der Waals surface area contributed by atoms with Crippen molar-refractivity contribution in [1.29, 1.82) is 0 Å². The Morgan fingerprint density at radius 2 is 1.91 bits per heavy atom. The normalized spacial score (nSPS) is 21.2. The van der Waals surface area contributed by atoms with Crippen molar-refractivity contribution in [3.05, 3.63) is 78.4 Å². The summed E-state index contributed by atoms with van der Waals surface area (Å²) in [4.78, 5) is 24.4. The van der Waals surface area contributed by atoms with Crippen molar-refractivity contribution < 1.29 is 4.79 Å². The minimum Gasteiger partial charge on any atom is -0.370 e. The average Bonchev–Trinajstić information content (AvgIpc) is 3.22.